The fourth-order valence-corrected chi connectivity index (χ4v) is 4.73. The van der Waals surface area contributed by atoms with E-state index < -0.39 is 0 Å². The van der Waals surface area contributed by atoms with Crippen LogP contribution in [0.4, 0.5) is 0 Å². The predicted octanol–water partition coefficient (Wildman–Crippen LogP) is 2.90. The number of hydrogen-bond donors (Lipinski definition) is 0. The van der Waals surface area contributed by atoms with E-state index in [4.69, 9.17) is 4.74 Å². The number of fused-ring (bicyclic) bond motifs is 1. The number of likely N-dealkylation sites (tertiary alicyclic amines) is 1. The maximum absolute atomic E-state index is 12.5. The number of amides is 1. The molecule has 0 spiro atoms. The summed E-state index contributed by atoms with van der Waals surface area (Å²) in [5, 5.41) is 0.341. The number of rotatable bonds is 7. The van der Waals surface area contributed by atoms with Gasteiger partial charge in [-0.1, -0.05) is 37.3 Å². The lowest BCUT2D eigenvalue weighted by Crippen LogP contribution is -2.41. The zero-order chi connectivity index (χ0) is 16.9. The molecule has 3 rings (SSSR count). The summed E-state index contributed by atoms with van der Waals surface area (Å²) in [7, 11) is 0. The van der Waals surface area contributed by atoms with Crippen LogP contribution < -0.4 is 0 Å². The summed E-state index contributed by atoms with van der Waals surface area (Å²) in [6, 6.07) is 9.96. The van der Waals surface area contributed by atoms with Crippen LogP contribution in [0.3, 0.4) is 0 Å². The third-order valence-corrected chi connectivity index (χ3v) is 6.17. The van der Waals surface area contributed by atoms with Gasteiger partial charge < -0.3 is 9.64 Å². The van der Waals surface area contributed by atoms with Gasteiger partial charge in [0, 0.05) is 24.8 Å². The number of ketones is 1. The molecule has 5 heteroatoms. The molecule has 0 aromatic heterocycles. The first-order valence-electron chi connectivity index (χ1n) is 8.70. The van der Waals surface area contributed by atoms with E-state index in [9.17, 15) is 9.59 Å². The smallest absolute Gasteiger partial charge is 0.223 e. The summed E-state index contributed by atoms with van der Waals surface area (Å²) in [6.45, 7) is 4.12. The van der Waals surface area contributed by atoms with E-state index in [1.807, 2.05) is 23.1 Å². The van der Waals surface area contributed by atoms with E-state index in [1.54, 1.807) is 11.8 Å². The normalized spacial score (nSPS) is 24.2. The van der Waals surface area contributed by atoms with Crippen molar-refractivity contribution >= 4 is 23.5 Å². The minimum absolute atomic E-state index is 0.133. The van der Waals surface area contributed by atoms with E-state index in [2.05, 4.69) is 19.1 Å². The van der Waals surface area contributed by atoms with Crippen LogP contribution in [0.1, 0.15) is 31.7 Å². The molecule has 2 fully saturated rings. The fraction of sp³-hybridized carbons (Fsp3) is 0.579. The van der Waals surface area contributed by atoms with Crippen molar-refractivity contribution in [2.24, 2.45) is 5.92 Å². The minimum atomic E-state index is -0.146. The SMILES string of the molecule is CC(CCC(=O)N1CCC2SCC(=O)C21)COCc1ccccc1. The zero-order valence-corrected chi connectivity index (χ0v) is 15.0. The minimum Gasteiger partial charge on any atom is -0.376 e. The van der Waals surface area contributed by atoms with Gasteiger partial charge in [-0.15, -0.1) is 11.8 Å². The number of carbonyl (C=O) groups excluding carboxylic acids is 2. The number of thioether (sulfide) groups is 1. The molecule has 4 nitrogen and oxygen atoms in total. The van der Waals surface area contributed by atoms with Gasteiger partial charge in [0.15, 0.2) is 5.78 Å². The molecular weight excluding hydrogens is 322 g/mol. The molecule has 1 amide bonds. The third kappa shape index (κ3) is 4.19. The van der Waals surface area contributed by atoms with Crippen molar-refractivity contribution in [1.29, 1.82) is 0 Å². The van der Waals surface area contributed by atoms with Gasteiger partial charge in [0.25, 0.3) is 0 Å². The highest BCUT2D eigenvalue weighted by Crippen LogP contribution is 2.36. The quantitative estimate of drug-likeness (QED) is 0.761. The number of nitrogens with zero attached hydrogens (tertiary/aromatic N) is 1. The molecule has 0 N–H and O–H groups in total. The lowest BCUT2D eigenvalue weighted by atomic mass is 10.1. The van der Waals surface area contributed by atoms with Gasteiger partial charge in [0.05, 0.1) is 12.4 Å². The lowest BCUT2D eigenvalue weighted by molar-refractivity contribution is -0.136. The summed E-state index contributed by atoms with van der Waals surface area (Å²) in [6.07, 6.45) is 2.28. The van der Waals surface area contributed by atoms with E-state index in [0.717, 1.165) is 19.4 Å². The predicted molar refractivity (Wildman–Crippen MR) is 95.9 cm³/mol. The molecule has 0 saturated carbocycles. The van der Waals surface area contributed by atoms with Crippen LogP contribution >= 0.6 is 11.8 Å². The van der Waals surface area contributed by atoms with Crippen LogP contribution in [-0.4, -0.2) is 46.8 Å². The van der Waals surface area contributed by atoms with Crippen LogP contribution in [0.2, 0.25) is 0 Å². The highest BCUT2D eigenvalue weighted by Gasteiger charge is 2.45. The molecule has 0 radical (unpaired) electrons. The second-order valence-corrected chi connectivity index (χ2v) is 8.01. The van der Waals surface area contributed by atoms with Crippen LogP contribution in [0.25, 0.3) is 0 Å². The van der Waals surface area contributed by atoms with E-state index in [-0.39, 0.29) is 17.7 Å². The molecule has 1 aromatic rings. The monoisotopic (exact) mass is 347 g/mol. The van der Waals surface area contributed by atoms with Gasteiger partial charge in [-0.3, -0.25) is 9.59 Å². The summed E-state index contributed by atoms with van der Waals surface area (Å²) in [4.78, 5) is 26.2. The third-order valence-electron chi connectivity index (χ3n) is 4.80. The van der Waals surface area contributed by atoms with Crippen molar-refractivity contribution in [3.8, 4) is 0 Å². The van der Waals surface area contributed by atoms with Crippen molar-refractivity contribution in [1.82, 2.24) is 4.90 Å². The molecule has 3 unspecified atom stereocenters. The Bertz CT molecular complexity index is 577. The Morgan fingerprint density at radius 2 is 2.17 bits per heavy atom. The van der Waals surface area contributed by atoms with Crippen molar-refractivity contribution in [3.63, 3.8) is 0 Å². The number of hydrogen-bond acceptors (Lipinski definition) is 4. The van der Waals surface area contributed by atoms with Gasteiger partial charge in [-0.2, -0.15) is 0 Å². The average molecular weight is 347 g/mol. The standard InChI is InChI=1S/C19H25NO3S/c1-14(11-23-12-15-5-3-2-4-6-15)7-8-18(22)20-10-9-17-19(20)16(21)13-24-17/h2-6,14,17,19H,7-13H2,1H3. The number of Topliss-reactive ketones (excluding diaryl/α,β-unsaturated/α-hetero) is 1. The molecule has 24 heavy (non-hydrogen) atoms. The van der Waals surface area contributed by atoms with Crippen molar-refractivity contribution in [2.45, 2.75) is 44.1 Å². The molecule has 1 aromatic carbocycles. The van der Waals surface area contributed by atoms with Crippen LogP contribution in [-0.2, 0) is 20.9 Å². The molecule has 2 saturated heterocycles. The maximum Gasteiger partial charge on any atom is 0.223 e. The largest absolute Gasteiger partial charge is 0.376 e. The Labute approximate surface area is 147 Å². The average Bonchev–Trinajstić information content (AvgIpc) is 3.17. The topological polar surface area (TPSA) is 46.6 Å². The van der Waals surface area contributed by atoms with Crippen LogP contribution in [0, 0.1) is 5.92 Å². The molecular formula is C19H25NO3S. The number of carbonyl (C=O) groups is 2. The Morgan fingerprint density at radius 1 is 1.38 bits per heavy atom. The van der Waals surface area contributed by atoms with Gasteiger partial charge >= 0.3 is 0 Å². The highest BCUT2D eigenvalue weighted by molar-refractivity contribution is 8.01. The first-order chi connectivity index (χ1) is 11.6. The fourth-order valence-electron chi connectivity index (χ4n) is 3.42. The van der Waals surface area contributed by atoms with Gasteiger partial charge in [-0.05, 0) is 24.3 Å². The van der Waals surface area contributed by atoms with E-state index in [1.165, 1.54) is 5.56 Å². The molecule has 2 heterocycles. The first-order valence-corrected chi connectivity index (χ1v) is 9.75. The van der Waals surface area contributed by atoms with Gasteiger partial charge in [0.1, 0.15) is 6.04 Å². The second kappa shape index (κ2) is 8.17. The van der Waals surface area contributed by atoms with Crippen LogP contribution in [0.15, 0.2) is 30.3 Å². The molecule has 130 valence electrons. The summed E-state index contributed by atoms with van der Waals surface area (Å²) < 4.78 is 5.74. The van der Waals surface area contributed by atoms with E-state index >= 15 is 0 Å². The van der Waals surface area contributed by atoms with Crippen molar-refractivity contribution in [3.05, 3.63) is 35.9 Å². The highest BCUT2D eigenvalue weighted by atomic mass is 32.2. The van der Waals surface area contributed by atoms with Gasteiger partial charge in [-0.25, -0.2) is 0 Å². The second-order valence-electron chi connectivity index (χ2n) is 6.78. The molecule has 2 aliphatic heterocycles. The summed E-state index contributed by atoms with van der Waals surface area (Å²) in [5.41, 5.74) is 1.17. The first kappa shape index (κ1) is 17.5. The van der Waals surface area contributed by atoms with Crippen molar-refractivity contribution in [2.75, 3.05) is 18.9 Å². The summed E-state index contributed by atoms with van der Waals surface area (Å²) >= 11 is 1.71. The Morgan fingerprint density at radius 3 is 2.96 bits per heavy atom. The number of benzene rings is 1. The zero-order valence-electron chi connectivity index (χ0n) is 14.1. The van der Waals surface area contributed by atoms with E-state index in [0.29, 0.717) is 36.6 Å². The number of ether oxygens (including phenoxy) is 1. The molecule has 2 aliphatic rings. The van der Waals surface area contributed by atoms with Crippen LogP contribution in [0.5, 0.6) is 0 Å². The molecule has 3 atom stereocenters. The van der Waals surface area contributed by atoms with Crippen molar-refractivity contribution < 1.29 is 14.3 Å². The lowest BCUT2D eigenvalue weighted by Gasteiger charge is -2.23. The Balaban J connectivity index is 1.37. The van der Waals surface area contributed by atoms with Gasteiger partial charge in [0.2, 0.25) is 5.91 Å². The Hall–Kier alpha value is -1.33. The maximum atomic E-state index is 12.5. The summed E-state index contributed by atoms with van der Waals surface area (Å²) in [5.74, 6) is 1.27. The molecule has 0 bridgehead atoms. The Kier molecular flexibility index (Phi) is 5.95. The molecule has 0 aliphatic carbocycles.